The molecule has 1 aliphatic rings. The highest BCUT2D eigenvalue weighted by atomic mass is 16.5. The van der Waals surface area contributed by atoms with E-state index in [9.17, 15) is 4.79 Å². The molecule has 2 nitrogen and oxygen atoms in total. The number of ether oxygens (including phenoxy) is 1. The van der Waals surface area contributed by atoms with Gasteiger partial charge in [-0.05, 0) is 42.5 Å². The van der Waals surface area contributed by atoms with Gasteiger partial charge in [0.1, 0.15) is 5.75 Å². The quantitative estimate of drug-likeness (QED) is 0.705. The van der Waals surface area contributed by atoms with Crippen LogP contribution in [-0.2, 0) is 4.79 Å². The summed E-state index contributed by atoms with van der Waals surface area (Å²) in [5, 5.41) is 0. The zero-order valence-electron chi connectivity index (χ0n) is 12.3. The average Bonchev–Trinajstić information content (AvgIpc) is 2.52. The molecule has 0 aromatic heterocycles. The Morgan fingerprint density at radius 3 is 2.55 bits per heavy atom. The maximum absolute atomic E-state index is 11.2. The molecule has 0 N–H and O–H groups in total. The lowest BCUT2D eigenvalue weighted by Gasteiger charge is -2.21. The molecule has 2 heteroatoms. The second kappa shape index (κ2) is 7.88. The van der Waals surface area contributed by atoms with E-state index in [2.05, 4.69) is 0 Å². The van der Waals surface area contributed by atoms with Crippen LogP contribution in [0.5, 0.6) is 5.75 Å². The highest BCUT2D eigenvalue weighted by molar-refractivity contribution is 5.93. The van der Waals surface area contributed by atoms with Gasteiger partial charge in [-0.1, -0.05) is 44.4 Å². The van der Waals surface area contributed by atoms with Crippen molar-refractivity contribution in [2.45, 2.75) is 45.4 Å². The van der Waals surface area contributed by atoms with Crippen LogP contribution in [0, 0.1) is 5.92 Å². The van der Waals surface area contributed by atoms with Gasteiger partial charge in [0.2, 0.25) is 0 Å². The van der Waals surface area contributed by atoms with Gasteiger partial charge in [-0.3, -0.25) is 4.79 Å². The predicted octanol–water partition coefficient (Wildman–Crippen LogP) is 4.64. The minimum Gasteiger partial charge on any atom is -0.493 e. The molecule has 0 bridgehead atoms. The summed E-state index contributed by atoms with van der Waals surface area (Å²) in [5.74, 6) is 1.81. The van der Waals surface area contributed by atoms with E-state index in [1.807, 2.05) is 37.3 Å². The first kappa shape index (κ1) is 14.8. The third kappa shape index (κ3) is 4.84. The molecule has 1 saturated carbocycles. The molecule has 1 aromatic rings. The van der Waals surface area contributed by atoms with E-state index in [1.165, 1.54) is 32.1 Å². The molecule has 0 heterocycles. The van der Waals surface area contributed by atoms with Crippen molar-refractivity contribution in [1.29, 1.82) is 0 Å². The standard InChI is InChI=1S/C18H24O2/c1-2-17(19)11-8-15-9-12-18(13-10-15)20-14-16-6-4-3-5-7-16/h8-13,16H,2-7,14H2,1H3/b11-8+. The van der Waals surface area contributed by atoms with Crippen LogP contribution in [0.2, 0.25) is 0 Å². The van der Waals surface area contributed by atoms with Crippen LogP contribution >= 0.6 is 0 Å². The molecule has 108 valence electrons. The van der Waals surface area contributed by atoms with Gasteiger partial charge in [0.05, 0.1) is 6.61 Å². The van der Waals surface area contributed by atoms with Gasteiger partial charge in [0, 0.05) is 6.42 Å². The summed E-state index contributed by atoms with van der Waals surface area (Å²) in [6.07, 6.45) is 10.7. The molecule has 1 aliphatic carbocycles. The van der Waals surface area contributed by atoms with Gasteiger partial charge in [0.25, 0.3) is 0 Å². The van der Waals surface area contributed by atoms with Gasteiger partial charge >= 0.3 is 0 Å². The first-order valence-electron chi connectivity index (χ1n) is 7.71. The van der Waals surface area contributed by atoms with Crippen molar-refractivity contribution in [2.75, 3.05) is 6.61 Å². The lowest BCUT2D eigenvalue weighted by Crippen LogP contribution is -2.15. The minimum absolute atomic E-state index is 0.155. The van der Waals surface area contributed by atoms with Crippen LogP contribution in [0.25, 0.3) is 6.08 Å². The van der Waals surface area contributed by atoms with Gasteiger partial charge in [0.15, 0.2) is 5.78 Å². The van der Waals surface area contributed by atoms with Crippen molar-refractivity contribution in [3.63, 3.8) is 0 Å². The van der Waals surface area contributed by atoms with E-state index in [4.69, 9.17) is 4.74 Å². The molecule has 1 fully saturated rings. The molecular formula is C18H24O2. The Bertz CT molecular complexity index is 439. The normalized spacial score (nSPS) is 16.4. The lowest BCUT2D eigenvalue weighted by molar-refractivity contribution is -0.114. The van der Waals surface area contributed by atoms with Gasteiger partial charge in [-0.25, -0.2) is 0 Å². The second-order valence-electron chi connectivity index (χ2n) is 5.54. The number of hydrogen-bond acceptors (Lipinski definition) is 2. The van der Waals surface area contributed by atoms with Crippen molar-refractivity contribution in [3.8, 4) is 5.75 Å². The molecule has 0 aliphatic heterocycles. The Morgan fingerprint density at radius 1 is 1.20 bits per heavy atom. The van der Waals surface area contributed by atoms with Crippen molar-refractivity contribution in [1.82, 2.24) is 0 Å². The number of carbonyl (C=O) groups is 1. The average molecular weight is 272 g/mol. The summed E-state index contributed by atoms with van der Waals surface area (Å²) in [6.45, 7) is 2.71. The molecule has 0 amide bonds. The van der Waals surface area contributed by atoms with E-state index in [0.717, 1.165) is 23.8 Å². The van der Waals surface area contributed by atoms with E-state index >= 15 is 0 Å². The predicted molar refractivity (Wildman–Crippen MR) is 82.8 cm³/mol. The Labute approximate surface area is 121 Å². The number of ketones is 1. The van der Waals surface area contributed by atoms with Crippen LogP contribution in [0.15, 0.2) is 30.3 Å². The molecule has 0 atom stereocenters. The first-order chi connectivity index (χ1) is 9.78. The number of allylic oxidation sites excluding steroid dienone is 1. The van der Waals surface area contributed by atoms with Crippen molar-refractivity contribution in [3.05, 3.63) is 35.9 Å². The Kier molecular flexibility index (Phi) is 5.85. The molecule has 20 heavy (non-hydrogen) atoms. The van der Waals surface area contributed by atoms with Crippen LogP contribution in [-0.4, -0.2) is 12.4 Å². The van der Waals surface area contributed by atoms with Gasteiger partial charge in [-0.15, -0.1) is 0 Å². The molecule has 0 unspecified atom stereocenters. The van der Waals surface area contributed by atoms with Gasteiger partial charge in [-0.2, -0.15) is 0 Å². The number of hydrogen-bond donors (Lipinski definition) is 0. The fourth-order valence-corrected chi connectivity index (χ4v) is 2.55. The third-order valence-corrected chi connectivity index (χ3v) is 3.90. The summed E-state index contributed by atoms with van der Waals surface area (Å²) in [4.78, 5) is 11.2. The van der Waals surface area contributed by atoms with Gasteiger partial charge < -0.3 is 4.74 Å². The summed E-state index contributed by atoms with van der Waals surface area (Å²) in [6, 6.07) is 7.96. The number of rotatable bonds is 6. The molecule has 1 aromatic carbocycles. The van der Waals surface area contributed by atoms with Crippen molar-refractivity contribution >= 4 is 11.9 Å². The zero-order valence-corrected chi connectivity index (χ0v) is 12.3. The topological polar surface area (TPSA) is 26.3 Å². The summed E-state index contributed by atoms with van der Waals surface area (Å²) < 4.78 is 5.86. The largest absolute Gasteiger partial charge is 0.493 e. The zero-order chi connectivity index (χ0) is 14.2. The molecular weight excluding hydrogens is 248 g/mol. The van der Waals surface area contributed by atoms with Crippen LogP contribution in [0.1, 0.15) is 51.0 Å². The Hall–Kier alpha value is -1.57. The molecule has 0 radical (unpaired) electrons. The Balaban J connectivity index is 1.81. The summed E-state index contributed by atoms with van der Waals surface area (Å²) >= 11 is 0. The van der Waals surface area contributed by atoms with E-state index < -0.39 is 0 Å². The lowest BCUT2D eigenvalue weighted by atomic mass is 9.90. The first-order valence-corrected chi connectivity index (χ1v) is 7.71. The fourth-order valence-electron chi connectivity index (χ4n) is 2.55. The smallest absolute Gasteiger partial charge is 0.155 e. The van der Waals surface area contributed by atoms with Crippen LogP contribution < -0.4 is 4.74 Å². The number of benzene rings is 1. The SMILES string of the molecule is CCC(=O)/C=C/c1ccc(OCC2CCCCC2)cc1. The van der Waals surface area contributed by atoms with E-state index in [0.29, 0.717) is 6.42 Å². The monoisotopic (exact) mass is 272 g/mol. The Morgan fingerprint density at radius 2 is 1.90 bits per heavy atom. The fraction of sp³-hybridized carbons (Fsp3) is 0.500. The molecule has 2 rings (SSSR count). The summed E-state index contributed by atoms with van der Waals surface area (Å²) in [7, 11) is 0. The third-order valence-electron chi connectivity index (χ3n) is 3.90. The minimum atomic E-state index is 0.155. The molecule has 0 spiro atoms. The highest BCUT2D eigenvalue weighted by Crippen LogP contribution is 2.24. The van der Waals surface area contributed by atoms with E-state index in [1.54, 1.807) is 6.08 Å². The maximum Gasteiger partial charge on any atom is 0.155 e. The molecule has 0 saturated heterocycles. The van der Waals surface area contributed by atoms with Crippen molar-refractivity contribution in [2.24, 2.45) is 5.92 Å². The summed E-state index contributed by atoms with van der Waals surface area (Å²) in [5.41, 5.74) is 1.04. The second-order valence-corrected chi connectivity index (χ2v) is 5.54. The van der Waals surface area contributed by atoms with Crippen LogP contribution in [0.3, 0.4) is 0 Å². The van der Waals surface area contributed by atoms with Crippen molar-refractivity contribution < 1.29 is 9.53 Å². The number of carbonyl (C=O) groups excluding carboxylic acids is 1. The van der Waals surface area contributed by atoms with E-state index in [-0.39, 0.29) is 5.78 Å². The maximum atomic E-state index is 11.2. The highest BCUT2D eigenvalue weighted by Gasteiger charge is 2.13. The van der Waals surface area contributed by atoms with Crippen LogP contribution in [0.4, 0.5) is 0 Å².